The van der Waals surface area contributed by atoms with Gasteiger partial charge in [-0.3, -0.25) is 14.2 Å². The molecule has 0 spiro atoms. The van der Waals surface area contributed by atoms with Gasteiger partial charge in [0.1, 0.15) is 10.6 Å². The molecule has 0 aromatic heterocycles. The second-order valence-corrected chi connectivity index (χ2v) is 13.9. The fraction of sp³-hybridized carbons (Fsp3) is 0.364. The van der Waals surface area contributed by atoms with Gasteiger partial charge in [0.25, 0.3) is 0 Å². The smallest absolute Gasteiger partial charge is 0.358 e. The second-order valence-electron chi connectivity index (χ2n) is 11.7. The predicted octanol–water partition coefficient (Wildman–Crippen LogP) is 5.20. The Morgan fingerprint density at radius 3 is 2.54 bits per heavy atom. The zero-order chi connectivity index (χ0) is 32.7. The largest absolute Gasteiger partial charge is 0.481 e. The molecule has 46 heavy (non-hydrogen) atoms. The Balaban J connectivity index is 1.70. The van der Waals surface area contributed by atoms with Crippen LogP contribution in [-0.2, 0) is 33.1 Å². The average Bonchev–Trinajstić information content (AvgIpc) is 3.03. The Labute approximate surface area is 269 Å². The summed E-state index contributed by atoms with van der Waals surface area (Å²) in [6.07, 6.45) is 3.93. The van der Waals surface area contributed by atoms with E-state index in [1.165, 1.54) is 24.3 Å². The molecule has 0 saturated carbocycles. The SMILES string of the molecule is NCCCCOP(=O)(O)c1ccc(C(=O)O)c(-c2c3cc(CCC(=O)O)c(=O)c(Cl)c-3oc3c4c5c(cc23)CCCN5CCC4)c1. The fourth-order valence-corrected chi connectivity index (χ4v) is 8.00. The number of carboxylic acid groups (broad SMARTS) is 2. The van der Waals surface area contributed by atoms with E-state index in [0.29, 0.717) is 47.9 Å². The van der Waals surface area contributed by atoms with Crippen LogP contribution in [0.1, 0.15) is 59.2 Å². The molecule has 1 atom stereocenters. The summed E-state index contributed by atoms with van der Waals surface area (Å²) < 4.78 is 25.3. The molecule has 6 rings (SSSR count). The van der Waals surface area contributed by atoms with Crippen LogP contribution in [0.25, 0.3) is 33.4 Å². The highest BCUT2D eigenvalue weighted by Gasteiger charge is 2.33. The minimum atomic E-state index is -4.39. The number of anilines is 1. The number of hydrogen-bond acceptors (Lipinski definition) is 8. The standard InChI is InChI=1S/C33H34ClN2O9P/c34-28-30(39)19(7-10-26(37)38)16-25-27(23-17-20(8-9-21(23)33(40)41)46(42,43)44-14-2-1-11-35)24-15-18-5-3-12-36-13-4-6-22(29(18)36)31(24)45-32(25)28/h8-9,15-17H,1-7,10-14,35H2,(H,37,38)(H,40,41)(H,42,43). The molecule has 13 heteroatoms. The van der Waals surface area contributed by atoms with E-state index in [2.05, 4.69) is 4.90 Å². The van der Waals surface area contributed by atoms with Crippen molar-refractivity contribution >= 4 is 53.1 Å². The van der Waals surface area contributed by atoms with Crippen LogP contribution in [0.3, 0.4) is 0 Å². The van der Waals surface area contributed by atoms with Gasteiger partial charge in [-0.25, -0.2) is 4.79 Å². The summed E-state index contributed by atoms with van der Waals surface area (Å²) in [6, 6.07) is 7.34. The summed E-state index contributed by atoms with van der Waals surface area (Å²) in [5.74, 6) is -2.34. The third kappa shape index (κ3) is 5.82. The maximum atomic E-state index is 13.4. The van der Waals surface area contributed by atoms with Crippen molar-refractivity contribution in [3.05, 3.63) is 67.8 Å². The molecule has 2 aromatic rings. The Morgan fingerprint density at radius 2 is 1.83 bits per heavy atom. The average molecular weight is 669 g/mol. The molecule has 0 bridgehead atoms. The number of carboxylic acids is 2. The molecule has 1 unspecified atom stereocenters. The van der Waals surface area contributed by atoms with Crippen molar-refractivity contribution in [2.45, 2.75) is 51.4 Å². The topological polar surface area (TPSA) is 181 Å². The number of nitrogens with zero attached hydrogens (tertiary/aromatic N) is 1. The molecule has 5 N–H and O–H groups in total. The summed E-state index contributed by atoms with van der Waals surface area (Å²) in [6.45, 7) is 2.18. The number of carbonyl (C=O) groups is 2. The van der Waals surface area contributed by atoms with Gasteiger partial charge < -0.3 is 34.7 Å². The van der Waals surface area contributed by atoms with Crippen molar-refractivity contribution in [1.29, 1.82) is 0 Å². The molecule has 0 fully saturated rings. The van der Waals surface area contributed by atoms with E-state index in [4.69, 9.17) is 26.3 Å². The van der Waals surface area contributed by atoms with Crippen molar-refractivity contribution in [1.82, 2.24) is 0 Å². The number of halogens is 1. The highest BCUT2D eigenvalue weighted by atomic mass is 35.5. The zero-order valence-corrected chi connectivity index (χ0v) is 26.7. The summed E-state index contributed by atoms with van der Waals surface area (Å²) in [7, 11) is -4.39. The first-order chi connectivity index (χ1) is 22.0. The van der Waals surface area contributed by atoms with Gasteiger partial charge in [0.05, 0.1) is 17.5 Å². The molecule has 3 aliphatic heterocycles. The fourth-order valence-electron chi connectivity index (χ4n) is 6.66. The van der Waals surface area contributed by atoms with E-state index in [1.54, 1.807) is 0 Å². The van der Waals surface area contributed by atoms with E-state index < -0.39 is 25.0 Å². The summed E-state index contributed by atoms with van der Waals surface area (Å²) in [4.78, 5) is 50.7. The molecule has 3 heterocycles. The second kappa shape index (κ2) is 12.8. The first kappa shape index (κ1) is 32.2. The normalized spacial score (nSPS) is 15.6. The van der Waals surface area contributed by atoms with Gasteiger partial charge in [-0.05, 0) is 92.9 Å². The lowest BCUT2D eigenvalue weighted by Crippen LogP contribution is -2.34. The zero-order valence-electron chi connectivity index (χ0n) is 25.0. The highest BCUT2D eigenvalue weighted by Crippen LogP contribution is 2.50. The monoisotopic (exact) mass is 668 g/mol. The summed E-state index contributed by atoms with van der Waals surface area (Å²) in [5.41, 5.74) is 9.26. The maximum absolute atomic E-state index is 13.4. The number of aliphatic carboxylic acids is 1. The first-order valence-electron chi connectivity index (χ1n) is 15.3. The van der Waals surface area contributed by atoms with Crippen LogP contribution >= 0.6 is 19.2 Å². The van der Waals surface area contributed by atoms with Gasteiger partial charge in [0, 0.05) is 52.8 Å². The number of aryl methyl sites for hydroxylation is 3. The summed E-state index contributed by atoms with van der Waals surface area (Å²) in [5, 5.41) is 19.9. The van der Waals surface area contributed by atoms with Gasteiger partial charge in [-0.15, -0.1) is 0 Å². The Morgan fingerprint density at radius 1 is 1.07 bits per heavy atom. The number of fused-ring (bicyclic) bond motifs is 3. The van der Waals surface area contributed by atoms with Crippen LogP contribution in [0.4, 0.5) is 5.69 Å². The molecule has 0 saturated heterocycles. The van der Waals surface area contributed by atoms with E-state index in [0.717, 1.165) is 49.2 Å². The third-order valence-electron chi connectivity index (χ3n) is 8.77. The van der Waals surface area contributed by atoms with Crippen molar-refractivity contribution < 1.29 is 38.2 Å². The van der Waals surface area contributed by atoms with E-state index >= 15 is 0 Å². The quantitative estimate of drug-likeness (QED) is 0.0937. The lowest BCUT2D eigenvalue weighted by Gasteiger charge is -2.37. The molecule has 0 radical (unpaired) electrons. The maximum Gasteiger partial charge on any atom is 0.358 e. The van der Waals surface area contributed by atoms with Crippen LogP contribution in [0.5, 0.6) is 0 Å². The Kier molecular flexibility index (Phi) is 8.98. The molecule has 0 amide bonds. The van der Waals surface area contributed by atoms with Gasteiger partial charge in [-0.2, -0.15) is 0 Å². The number of nitrogens with two attached hydrogens (primary N) is 1. The van der Waals surface area contributed by atoms with Crippen molar-refractivity contribution in [2.75, 3.05) is 31.1 Å². The molecule has 242 valence electrons. The van der Waals surface area contributed by atoms with Crippen LogP contribution < -0.4 is 21.4 Å². The lowest BCUT2D eigenvalue weighted by atomic mass is 9.84. The molecule has 4 aliphatic rings. The minimum Gasteiger partial charge on any atom is -0.481 e. The molecule has 1 aliphatic carbocycles. The van der Waals surface area contributed by atoms with Crippen molar-refractivity contribution in [3.63, 3.8) is 0 Å². The van der Waals surface area contributed by atoms with Gasteiger partial charge >= 0.3 is 19.5 Å². The Hall–Kier alpha value is -3.73. The van der Waals surface area contributed by atoms with Crippen molar-refractivity contribution in [2.24, 2.45) is 5.73 Å². The Bertz CT molecular complexity index is 1950. The molecule has 11 nitrogen and oxygen atoms in total. The third-order valence-corrected chi connectivity index (χ3v) is 10.6. The van der Waals surface area contributed by atoms with Gasteiger partial charge in [0.2, 0.25) is 5.43 Å². The molecular weight excluding hydrogens is 635 g/mol. The first-order valence-corrected chi connectivity index (χ1v) is 17.3. The number of hydrogen-bond donors (Lipinski definition) is 4. The predicted molar refractivity (Wildman–Crippen MR) is 175 cm³/mol. The number of aromatic carboxylic acids is 1. The molecular formula is C33H34ClN2O9P. The highest BCUT2D eigenvalue weighted by molar-refractivity contribution is 7.61. The van der Waals surface area contributed by atoms with E-state index in [9.17, 15) is 34.1 Å². The van der Waals surface area contributed by atoms with Crippen LogP contribution in [0.2, 0.25) is 5.02 Å². The number of benzene rings is 3. The van der Waals surface area contributed by atoms with Crippen LogP contribution in [0, 0.1) is 0 Å². The van der Waals surface area contributed by atoms with E-state index in [1.807, 2.05) is 6.07 Å². The van der Waals surface area contributed by atoms with Crippen LogP contribution in [-0.4, -0.2) is 53.3 Å². The summed E-state index contributed by atoms with van der Waals surface area (Å²) >= 11 is 6.68. The molecule has 2 aromatic carbocycles. The lowest BCUT2D eigenvalue weighted by molar-refractivity contribution is -0.136. The van der Waals surface area contributed by atoms with E-state index in [-0.39, 0.29) is 52.2 Å². The number of unbranched alkanes of at least 4 members (excludes halogenated alkanes) is 1. The van der Waals surface area contributed by atoms with Crippen molar-refractivity contribution in [3.8, 4) is 22.5 Å². The number of rotatable bonds is 11. The minimum absolute atomic E-state index is 0.0160. The van der Waals surface area contributed by atoms with Gasteiger partial charge in [-0.1, -0.05) is 11.6 Å². The van der Waals surface area contributed by atoms with Gasteiger partial charge in [0.15, 0.2) is 5.76 Å². The van der Waals surface area contributed by atoms with Crippen LogP contribution in [0.15, 0.2) is 39.5 Å².